The highest BCUT2D eigenvalue weighted by molar-refractivity contribution is 5.80. The molecule has 3 aromatic heterocycles. The van der Waals surface area contributed by atoms with Gasteiger partial charge in [-0.2, -0.15) is 5.10 Å². The van der Waals surface area contributed by atoms with Crippen molar-refractivity contribution in [3.05, 3.63) is 47.7 Å². The third kappa shape index (κ3) is 3.85. The van der Waals surface area contributed by atoms with E-state index in [2.05, 4.69) is 52.5 Å². The van der Waals surface area contributed by atoms with Crippen LogP contribution in [0, 0.1) is 0 Å². The van der Waals surface area contributed by atoms with E-state index in [1.807, 2.05) is 28.8 Å². The van der Waals surface area contributed by atoms with Crippen LogP contribution in [0.1, 0.15) is 50.3 Å². The van der Waals surface area contributed by atoms with Gasteiger partial charge in [0.05, 0.1) is 5.69 Å². The molecule has 4 rings (SSSR count). The second-order valence-corrected chi connectivity index (χ2v) is 7.50. The summed E-state index contributed by atoms with van der Waals surface area (Å²) in [6.07, 6.45) is 7.22. The van der Waals surface area contributed by atoms with E-state index in [0.717, 1.165) is 43.2 Å². The van der Waals surface area contributed by atoms with Crippen LogP contribution in [0.2, 0.25) is 0 Å². The van der Waals surface area contributed by atoms with Crippen LogP contribution in [-0.4, -0.2) is 42.9 Å². The lowest BCUT2D eigenvalue weighted by Gasteiger charge is -2.24. The quantitative estimate of drug-likeness (QED) is 0.523. The third-order valence-corrected chi connectivity index (χ3v) is 5.07. The van der Waals surface area contributed by atoms with Crippen molar-refractivity contribution in [2.75, 3.05) is 6.54 Å². The molecule has 1 unspecified atom stereocenters. The minimum Gasteiger partial charge on any atom is -0.357 e. The number of rotatable bonds is 5. The number of aromatic nitrogens is 5. The molecule has 0 saturated carbocycles. The fourth-order valence-corrected chi connectivity index (χ4v) is 3.56. The van der Waals surface area contributed by atoms with E-state index in [-0.39, 0.29) is 0 Å². The lowest BCUT2D eigenvalue weighted by atomic mass is 9.94. The van der Waals surface area contributed by atoms with E-state index < -0.39 is 0 Å². The third-order valence-electron chi connectivity index (χ3n) is 5.07. The summed E-state index contributed by atoms with van der Waals surface area (Å²) in [5.41, 5.74) is 3.42. The van der Waals surface area contributed by atoms with Gasteiger partial charge in [0, 0.05) is 37.4 Å². The van der Waals surface area contributed by atoms with Crippen molar-refractivity contribution in [1.82, 2.24) is 35.0 Å². The molecule has 0 bridgehead atoms. The molecule has 2 N–H and O–H groups in total. The lowest BCUT2D eigenvalue weighted by molar-refractivity contribution is 0.499. The van der Waals surface area contributed by atoms with Gasteiger partial charge in [-0.15, -0.1) is 10.2 Å². The Bertz CT molecular complexity index is 968. The van der Waals surface area contributed by atoms with Crippen LogP contribution in [0.3, 0.4) is 0 Å². The molecule has 1 atom stereocenters. The zero-order valence-corrected chi connectivity index (χ0v) is 16.8. The topological polar surface area (TPSA) is 84.4 Å². The van der Waals surface area contributed by atoms with Gasteiger partial charge in [-0.3, -0.25) is 9.08 Å². The minimum atomic E-state index is 0.330. The molecule has 148 valence electrons. The Morgan fingerprint density at radius 3 is 3.04 bits per heavy atom. The number of pyridine rings is 1. The standard InChI is InChI=1S/C20H28N8/c1-4-21-20(22-12-19-25-24-18-7-5-6-10-27(18)19)23-16-9-8-15-13-28(14(2)3)26-17(15)11-16/h5-7,10,13-14,16H,4,8-9,11-12H2,1-3H3,(H2,21,22,23). The maximum Gasteiger partial charge on any atom is 0.191 e. The second kappa shape index (κ2) is 8.00. The van der Waals surface area contributed by atoms with E-state index in [0.29, 0.717) is 18.6 Å². The van der Waals surface area contributed by atoms with Gasteiger partial charge in [0.1, 0.15) is 6.54 Å². The molecular weight excluding hydrogens is 352 g/mol. The van der Waals surface area contributed by atoms with Crippen LogP contribution in [0.25, 0.3) is 5.65 Å². The SMILES string of the molecule is CCNC(=NCc1nnc2ccccn12)NC1CCc2cn(C(C)C)nc2C1. The van der Waals surface area contributed by atoms with Gasteiger partial charge in [0.2, 0.25) is 0 Å². The molecule has 0 radical (unpaired) electrons. The predicted molar refractivity (Wildman–Crippen MR) is 109 cm³/mol. The average Bonchev–Trinajstić information content (AvgIpc) is 3.30. The maximum absolute atomic E-state index is 4.77. The summed E-state index contributed by atoms with van der Waals surface area (Å²) in [5, 5.41) is 20.1. The molecule has 0 saturated heterocycles. The summed E-state index contributed by atoms with van der Waals surface area (Å²) in [6, 6.07) is 6.60. The maximum atomic E-state index is 4.77. The molecule has 0 aliphatic heterocycles. The van der Waals surface area contributed by atoms with E-state index >= 15 is 0 Å². The summed E-state index contributed by atoms with van der Waals surface area (Å²) in [4.78, 5) is 4.74. The zero-order chi connectivity index (χ0) is 19.5. The fraction of sp³-hybridized carbons (Fsp3) is 0.500. The first-order valence-electron chi connectivity index (χ1n) is 10.0. The molecule has 8 nitrogen and oxygen atoms in total. The highest BCUT2D eigenvalue weighted by atomic mass is 15.3. The smallest absolute Gasteiger partial charge is 0.191 e. The van der Waals surface area contributed by atoms with Crippen LogP contribution >= 0.6 is 0 Å². The van der Waals surface area contributed by atoms with Crippen LogP contribution in [-0.2, 0) is 19.4 Å². The van der Waals surface area contributed by atoms with Gasteiger partial charge in [-0.25, -0.2) is 4.99 Å². The molecule has 0 fully saturated rings. The molecule has 3 aromatic rings. The molecule has 3 heterocycles. The molecule has 0 amide bonds. The molecule has 0 aromatic carbocycles. The van der Waals surface area contributed by atoms with Gasteiger partial charge >= 0.3 is 0 Å². The summed E-state index contributed by atoms with van der Waals surface area (Å²) in [6.45, 7) is 7.69. The Morgan fingerprint density at radius 2 is 2.21 bits per heavy atom. The molecule has 1 aliphatic carbocycles. The fourth-order valence-electron chi connectivity index (χ4n) is 3.56. The Kier molecular flexibility index (Phi) is 5.27. The van der Waals surface area contributed by atoms with Crippen LogP contribution in [0.4, 0.5) is 0 Å². The molecule has 8 heteroatoms. The van der Waals surface area contributed by atoms with Gasteiger partial charge < -0.3 is 10.6 Å². The number of hydrogen-bond donors (Lipinski definition) is 2. The van der Waals surface area contributed by atoms with Gasteiger partial charge in [0.15, 0.2) is 17.4 Å². The average molecular weight is 381 g/mol. The largest absolute Gasteiger partial charge is 0.357 e. The first kappa shape index (κ1) is 18.5. The number of aliphatic imine (C=N–C) groups is 1. The summed E-state index contributed by atoms with van der Waals surface area (Å²) >= 11 is 0. The Balaban J connectivity index is 1.45. The zero-order valence-electron chi connectivity index (χ0n) is 16.8. The summed E-state index contributed by atoms with van der Waals surface area (Å²) in [5.74, 6) is 1.64. The second-order valence-electron chi connectivity index (χ2n) is 7.50. The molecule has 1 aliphatic rings. The Morgan fingerprint density at radius 1 is 1.32 bits per heavy atom. The van der Waals surface area contributed by atoms with E-state index in [1.165, 1.54) is 11.3 Å². The van der Waals surface area contributed by atoms with Crippen molar-refractivity contribution in [2.45, 2.75) is 58.7 Å². The van der Waals surface area contributed by atoms with Gasteiger partial charge in [-0.1, -0.05) is 6.07 Å². The molecule has 28 heavy (non-hydrogen) atoms. The number of nitrogens with one attached hydrogen (secondary N) is 2. The van der Waals surface area contributed by atoms with E-state index in [4.69, 9.17) is 10.1 Å². The number of fused-ring (bicyclic) bond motifs is 2. The number of hydrogen-bond acceptors (Lipinski definition) is 4. The van der Waals surface area contributed by atoms with Crippen molar-refractivity contribution in [3.8, 4) is 0 Å². The molecular formula is C20H28N8. The van der Waals surface area contributed by atoms with Crippen molar-refractivity contribution < 1.29 is 0 Å². The predicted octanol–water partition coefficient (Wildman–Crippen LogP) is 2.12. The number of aryl methyl sites for hydroxylation is 1. The highest BCUT2D eigenvalue weighted by Crippen LogP contribution is 2.21. The lowest BCUT2D eigenvalue weighted by Crippen LogP contribution is -2.45. The van der Waals surface area contributed by atoms with E-state index in [1.54, 1.807) is 0 Å². The van der Waals surface area contributed by atoms with Crippen molar-refractivity contribution in [3.63, 3.8) is 0 Å². The van der Waals surface area contributed by atoms with Crippen molar-refractivity contribution in [2.24, 2.45) is 4.99 Å². The van der Waals surface area contributed by atoms with Crippen LogP contribution in [0.5, 0.6) is 0 Å². The first-order chi connectivity index (χ1) is 13.6. The van der Waals surface area contributed by atoms with Gasteiger partial charge in [0.25, 0.3) is 0 Å². The van der Waals surface area contributed by atoms with Crippen molar-refractivity contribution in [1.29, 1.82) is 0 Å². The molecule has 0 spiro atoms. The van der Waals surface area contributed by atoms with Gasteiger partial charge in [-0.05, 0) is 51.3 Å². The Labute approximate surface area is 165 Å². The summed E-state index contributed by atoms with van der Waals surface area (Å²) in [7, 11) is 0. The monoisotopic (exact) mass is 380 g/mol. The summed E-state index contributed by atoms with van der Waals surface area (Å²) < 4.78 is 4.04. The highest BCUT2D eigenvalue weighted by Gasteiger charge is 2.23. The van der Waals surface area contributed by atoms with Crippen LogP contribution < -0.4 is 10.6 Å². The minimum absolute atomic E-state index is 0.330. The number of guanidine groups is 1. The van der Waals surface area contributed by atoms with Crippen LogP contribution in [0.15, 0.2) is 35.6 Å². The van der Waals surface area contributed by atoms with Crippen molar-refractivity contribution >= 4 is 11.6 Å². The normalized spacial score (nSPS) is 17.1. The first-order valence-corrected chi connectivity index (χ1v) is 10.0. The Hall–Kier alpha value is -2.90. The van der Waals surface area contributed by atoms with E-state index in [9.17, 15) is 0 Å². The number of nitrogens with zero attached hydrogens (tertiary/aromatic N) is 6.